The third kappa shape index (κ3) is 6.22. The van der Waals surface area contributed by atoms with Gasteiger partial charge in [-0.05, 0) is 36.6 Å². The van der Waals surface area contributed by atoms with Gasteiger partial charge in [-0.15, -0.1) is 11.6 Å². The Balaban J connectivity index is 1.96. The van der Waals surface area contributed by atoms with Crippen LogP contribution >= 0.6 is 11.6 Å². The highest BCUT2D eigenvalue weighted by atomic mass is 35.5. The lowest BCUT2D eigenvalue weighted by Crippen LogP contribution is -2.46. The highest BCUT2D eigenvalue weighted by Gasteiger charge is 2.33. The van der Waals surface area contributed by atoms with Gasteiger partial charge in [-0.25, -0.2) is 4.39 Å². The van der Waals surface area contributed by atoms with Crippen molar-refractivity contribution in [3.63, 3.8) is 0 Å². The number of nitrogens with zero attached hydrogens (tertiary/aromatic N) is 1. The molecule has 172 valence electrons. The second-order valence-electron chi connectivity index (χ2n) is 8.12. The summed E-state index contributed by atoms with van der Waals surface area (Å²) in [7, 11) is 1.56. The van der Waals surface area contributed by atoms with Gasteiger partial charge in [-0.2, -0.15) is 0 Å². The molecular weight excluding hydrogens is 431 g/mol. The van der Waals surface area contributed by atoms with Crippen molar-refractivity contribution in [2.24, 2.45) is 0 Å². The molecule has 0 bridgehead atoms. The first-order valence-electron chi connectivity index (χ1n) is 11.1. The lowest BCUT2D eigenvalue weighted by atomic mass is 10.0. The zero-order valence-electron chi connectivity index (χ0n) is 18.4. The van der Waals surface area contributed by atoms with Crippen molar-refractivity contribution in [2.45, 2.75) is 57.2 Å². The predicted octanol–water partition coefficient (Wildman–Crippen LogP) is 4.98. The van der Waals surface area contributed by atoms with Gasteiger partial charge in [0.05, 0.1) is 13.7 Å². The van der Waals surface area contributed by atoms with Crippen LogP contribution in [0.5, 0.6) is 5.75 Å². The summed E-state index contributed by atoms with van der Waals surface area (Å²) in [4.78, 5) is 27.9. The molecule has 2 aromatic rings. The fourth-order valence-corrected chi connectivity index (χ4v) is 4.39. The molecule has 2 aromatic carbocycles. The molecule has 5 nitrogen and oxygen atoms in total. The number of methoxy groups -OCH3 is 1. The Hall–Kier alpha value is -2.60. The molecule has 1 aliphatic carbocycles. The summed E-state index contributed by atoms with van der Waals surface area (Å²) in [6.45, 7) is 0.135. The lowest BCUT2D eigenvalue weighted by Gasteiger charge is -2.32. The first-order valence-corrected chi connectivity index (χ1v) is 11.6. The number of alkyl halides is 1. The van der Waals surface area contributed by atoms with Crippen LogP contribution in [0.15, 0.2) is 48.5 Å². The zero-order chi connectivity index (χ0) is 22.9. The van der Waals surface area contributed by atoms with Gasteiger partial charge in [0.2, 0.25) is 11.8 Å². The van der Waals surface area contributed by atoms with Crippen LogP contribution in [-0.4, -0.2) is 35.7 Å². The highest BCUT2D eigenvalue weighted by Crippen LogP contribution is 2.28. The van der Waals surface area contributed by atoms with Crippen molar-refractivity contribution in [3.8, 4) is 5.75 Å². The van der Waals surface area contributed by atoms with E-state index < -0.39 is 11.9 Å². The van der Waals surface area contributed by atoms with Gasteiger partial charge in [0.1, 0.15) is 23.5 Å². The molecule has 1 saturated carbocycles. The smallest absolute Gasteiger partial charge is 0.247 e. The molecule has 3 rings (SSSR count). The number of rotatable bonds is 8. The van der Waals surface area contributed by atoms with Gasteiger partial charge in [0, 0.05) is 11.6 Å². The van der Waals surface area contributed by atoms with Gasteiger partial charge in [0.25, 0.3) is 0 Å². The minimum Gasteiger partial charge on any atom is -0.496 e. The van der Waals surface area contributed by atoms with E-state index in [0.29, 0.717) is 11.3 Å². The summed E-state index contributed by atoms with van der Waals surface area (Å²) in [5.74, 6) is -0.734. The molecule has 0 radical (unpaired) electrons. The molecule has 2 amide bonds. The molecule has 1 atom stereocenters. The Kier molecular flexibility index (Phi) is 8.91. The Morgan fingerprint density at radius 2 is 1.75 bits per heavy atom. The first-order chi connectivity index (χ1) is 15.5. The lowest BCUT2D eigenvalue weighted by molar-refractivity contribution is -0.140. The monoisotopic (exact) mass is 460 g/mol. The van der Waals surface area contributed by atoms with E-state index in [1.807, 2.05) is 18.2 Å². The summed E-state index contributed by atoms with van der Waals surface area (Å²) in [5.41, 5.74) is 1.29. The third-order valence-electron chi connectivity index (χ3n) is 5.92. The van der Waals surface area contributed by atoms with Gasteiger partial charge in [-0.1, -0.05) is 56.0 Å². The molecular formula is C25H30ClFN2O3. The summed E-state index contributed by atoms with van der Waals surface area (Å²) in [6.07, 6.45) is 6.29. The molecule has 1 N–H and O–H groups in total. The molecule has 1 fully saturated rings. The number of hydrogen-bond donors (Lipinski definition) is 1. The number of para-hydroxylation sites is 1. The Morgan fingerprint density at radius 3 is 2.38 bits per heavy atom. The van der Waals surface area contributed by atoms with Crippen LogP contribution in [0.25, 0.3) is 0 Å². The van der Waals surface area contributed by atoms with Crippen molar-refractivity contribution in [1.29, 1.82) is 0 Å². The van der Waals surface area contributed by atoms with Crippen LogP contribution in [0.2, 0.25) is 0 Å². The van der Waals surface area contributed by atoms with E-state index in [4.69, 9.17) is 16.3 Å². The zero-order valence-corrected chi connectivity index (χ0v) is 19.1. The molecule has 0 aliphatic heterocycles. The van der Waals surface area contributed by atoms with E-state index in [-0.39, 0.29) is 30.3 Å². The fraction of sp³-hybridized carbons (Fsp3) is 0.440. The van der Waals surface area contributed by atoms with Crippen LogP contribution in [0.4, 0.5) is 4.39 Å². The molecule has 0 spiro atoms. The van der Waals surface area contributed by atoms with Gasteiger partial charge >= 0.3 is 0 Å². The molecule has 0 unspecified atom stereocenters. The minimum absolute atomic E-state index is 0.0622. The largest absolute Gasteiger partial charge is 0.496 e. The van der Waals surface area contributed by atoms with Crippen LogP contribution in [0.3, 0.4) is 0 Å². The van der Waals surface area contributed by atoms with E-state index >= 15 is 0 Å². The summed E-state index contributed by atoms with van der Waals surface area (Å²) in [5, 5.41) is 3.14. The maximum atomic E-state index is 13.6. The molecule has 32 heavy (non-hydrogen) atoms. The first kappa shape index (κ1) is 24.1. The number of amides is 2. The normalized spacial score (nSPS) is 15.5. The number of hydrogen-bond acceptors (Lipinski definition) is 3. The average molecular weight is 461 g/mol. The maximum Gasteiger partial charge on any atom is 0.247 e. The van der Waals surface area contributed by atoms with Crippen molar-refractivity contribution < 1.29 is 18.7 Å². The number of carbonyl (C=O) groups is 2. The number of carbonyl (C=O) groups excluding carboxylic acids is 2. The van der Waals surface area contributed by atoms with Gasteiger partial charge < -0.3 is 15.0 Å². The number of ether oxygens (including phenoxy) is 1. The molecule has 0 saturated heterocycles. The number of benzene rings is 2. The Bertz CT molecular complexity index is 898. The van der Waals surface area contributed by atoms with Crippen molar-refractivity contribution in [1.82, 2.24) is 10.2 Å². The standard InChI is InChI=1S/C25H30ClFN2O3/c1-32-22-11-7-6-8-19(22)17-29(23(30)16-26)24(18-12-14-20(27)15-13-18)25(31)28-21-9-4-2-3-5-10-21/h6-8,11-15,21,24H,2-5,9-10,16-17H2,1H3,(H,28,31)/t24-/m1/s1. The second-order valence-corrected chi connectivity index (χ2v) is 8.39. The van der Waals surface area contributed by atoms with Crippen LogP contribution in [0.1, 0.15) is 55.7 Å². The average Bonchev–Trinajstić information content (AvgIpc) is 3.08. The minimum atomic E-state index is -0.935. The summed E-state index contributed by atoms with van der Waals surface area (Å²) in [6, 6.07) is 12.2. The van der Waals surface area contributed by atoms with Gasteiger partial charge in [-0.3, -0.25) is 9.59 Å². The molecule has 1 aliphatic rings. The van der Waals surface area contributed by atoms with Crippen LogP contribution in [0, 0.1) is 5.82 Å². The quantitative estimate of drug-likeness (QED) is 0.446. The topological polar surface area (TPSA) is 58.6 Å². The van der Waals surface area contributed by atoms with E-state index in [9.17, 15) is 14.0 Å². The fourth-order valence-electron chi connectivity index (χ4n) is 4.24. The van der Waals surface area contributed by atoms with Crippen LogP contribution < -0.4 is 10.1 Å². The maximum absolute atomic E-state index is 13.6. The number of nitrogens with one attached hydrogen (secondary N) is 1. The highest BCUT2D eigenvalue weighted by molar-refractivity contribution is 6.27. The molecule has 7 heteroatoms. The third-order valence-corrected chi connectivity index (χ3v) is 6.14. The van der Waals surface area contributed by atoms with Crippen LogP contribution in [-0.2, 0) is 16.1 Å². The van der Waals surface area contributed by atoms with E-state index in [2.05, 4.69) is 5.32 Å². The predicted molar refractivity (Wildman–Crippen MR) is 123 cm³/mol. The van der Waals surface area contributed by atoms with E-state index in [0.717, 1.165) is 31.2 Å². The van der Waals surface area contributed by atoms with E-state index in [1.165, 1.54) is 29.9 Å². The Morgan fingerprint density at radius 1 is 1.09 bits per heavy atom. The SMILES string of the molecule is COc1ccccc1CN(C(=O)CCl)[C@@H](C(=O)NC1CCCCCC1)c1ccc(F)cc1. The van der Waals surface area contributed by atoms with Gasteiger partial charge in [0.15, 0.2) is 0 Å². The molecule has 0 heterocycles. The van der Waals surface area contributed by atoms with Crippen molar-refractivity contribution in [2.75, 3.05) is 13.0 Å². The van der Waals surface area contributed by atoms with Crippen molar-refractivity contribution >= 4 is 23.4 Å². The number of halogens is 2. The molecule has 0 aromatic heterocycles. The van der Waals surface area contributed by atoms with E-state index in [1.54, 1.807) is 25.3 Å². The summed E-state index contributed by atoms with van der Waals surface area (Å²) >= 11 is 5.95. The second kappa shape index (κ2) is 11.9. The Labute approximate surface area is 193 Å². The summed E-state index contributed by atoms with van der Waals surface area (Å²) < 4.78 is 19.1. The van der Waals surface area contributed by atoms with Crippen molar-refractivity contribution in [3.05, 3.63) is 65.5 Å².